The maximum atomic E-state index is 12.7. The fraction of sp³-hybridized carbons (Fsp3) is 0.417. The Morgan fingerprint density at radius 1 is 0.912 bits per heavy atom. The molecular weight excluding hydrogens is 460 g/mol. The van der Waals surface area contributed by atoms with Gasteiger partial charge in [-0.25, -0.2) is 13.2 Å². The number of hydrogen-bond acceptors (Lipinski definition) is 7. The molecule has 0 N–H and O–H groups in total. The maximum absolute atomic E-state index is 12.7. The van der Waals surface area contributed by atoms with Gasteiger partial charge in [0.2, 0.25) is 10.0 Å². The van der Waals surface area contributed by atoms with Gasteiger partial charge in [-0.1, -0.05) is 0 Å². The van der Waals surface area contributed by atoms with Crippen molar-refractivity contribution in [2.45, 2.75) is 30.7 Å². The summed E-state index contributed by atoms with van der Waals surface area (Å²) in [7, 11) is -0.412. The molecule has 10 heteroatoms. The first-order chi connectivity index (χ1) is 16.3. The molecule has 0 aliphatic carbocycles. The van der Waals surface area contributed by atoms with Gasteiger partial charge >= 0.3 is 5.97 Å². The molecule has 0 radical (unpaired) electrons. The number of nitrogens with zero attached hydrogens (tertiary/aromatic N) is 2. The summed E-state index contributed by atoms with van der Waals surface area (Å²) in [4.78, 5) is 26.9. The fourth-order valence-electron chi connectivity index (χ4n) is 4.24. The van der Waals surface area contributed by atoms with Gasteiger partial charge in [0.25, 0.3) is 5.91 Å². The Morgan fingerprint density at radius 3 is 2.15 bits per heavy atom. The molecule has 2 aromatic carbocycles. The van der Waals surface area contributed by atoms with Crippen LogP contribution in [0.15, 0.2) is 41.3 Å². The number of fused-ring (bicyclic) bond motifs is 1. The summed E-state index contributed by atoms with van der Waals surface area (Å²) < 4.78 is 42.6. The van der Waals surface area contributed by atoms with E-state index in [1.165, 1.54) is 28.6 Å². The number of hydrogen-bond donors (Lipinski definition) is 0. The van der Waals surface area contributed by atoms with E-state index in [-0.39, 0.29) is 16.4 Å². The van der Waals surface area contributed by atoms with E-state index in [1.807, 2.05) is 12.1 Å². The van der Waals surface area contributed by atoms with E-state index in [9.17, 15) is 18.0 Å². The molecule has 0 atom stereocenters. The van der Waals surface area contributed by atoms with Gasteiger partial charge in [-0.3, -0.25) is 4.79 Å². The highest BCUT2D eigenvalue weighted by atomic mass is 32.2. The second kappa shape index (κ2) is 10.0. The molecule has 0 unspecified atom stereocenters. The summed E-state index contributed by atoms with van der Waals surface area (Å²) in [5, 5.41) is 0. The highest BCUT2D eigenvalue weighted by Crippen LogP contribution is 2.33. The molecule has 2 heterocycles. The highest BCUT2D eigenvalue weighted by Gasteiger charge is 2.28. The molecule has 34 heavy (non-hydrogen) atoms. The summed E-state index contributed by atoms with van der Waals surface area (Å²) in [6, 6.07) is 9.39. The zero-order valence-electron chi connectivity index (χ0n) is 19.3. The Labute approximate surface area is 199 Å². The number of amides is 1. The number of rotatable bonds is 7. The van der Waals surface area contributed by atoms with E-state index in [1.54, 1.807) is 19.1 Å². The largest absolute Gasteiger partial charge is 0.493 e. The predicted octanol–water partition coefficient (Wildman–Crippen LogP) is 2.23. The number of carbonyl (C=O) groups is 2. The van der Waals surface area contributed by atoms with Crippen molar-refractivity contribution in [1.82, 2.24) is 9.21 Å². The lowest BCUT2D eigenvalue weighted by atomic mass is 9.99. The van der Waals surface area contributed by atoms with E-state index in [2.05, 4.69) is 0 Å². The van der Waals surface area contributed by atoms with Crippen LogP contribution in [-0.4, -0.2) is 70.0 Å². The van der Waals surface area contributed by atoms with Crippen molar-refractivity contribution in [3.05, 3.63) is 53.1 Å². The van der Waals surface area contributed by atoms with E-state index in [0.717, 1.165) is 24.0 Å². The van der Waals surface area contributed by atoms with Gasteiger partial charge in [0.05, 0.1) is 24.7 Å². The third-order valence-electron chi connectivity index (χ3n) is 6.19. The Morgan fingerprint density at radius 2 is 1.53 bits per heavy atom. The molecule has 1 amide bonds. The highest BCUT2D eigenvalue weighted by molar-refractivity contribution is 7.89. The standard InChI is InChI=1S/C24H28N2O7S/c1-31-21-13-18-9-12-25(15-19(18)14-22(21)32-2)23(27)16-33-24(28)17-5-7-20(8-6-17)34(29,30)26-10-3-4-11-26/h5-8,13-14H,3-4,9-12,15-16H2,1-2H3. The predicted molar refractivity (Wildman–Crippen MR) is 123 cm³/mol. The molecule has 0 aromatic heterocycles. The molecule has 0 bridgehead atoms. The van der Waals surface area contributed by atoms with Gasteiger partial charge in [-0.05, 0) is 66.8 Å². The quantitative estimate of drug-likeness (QED) is 0.551. The second-order valence-corrected chi connectivity index (χ2v) is 10.2. The topological polar surface area (TPSA) is 102 Å². The Bertz CT molecular complexity index is 1170. The van der Waals surface area contributed by atoms with Gasteiger partial charge in [0.1, 0.15) is 0 Å². The van der Waals surface area contributed by atoms with Crippen molar-refractivity contribution in [2.75, 3.05) is 40.5 Å². The molecule has 0 saturated carbocycles. The molecule has 1 fully saturated rings. The van der Waals surface area contributed by atoms with Gasteiger partial charge in [-0.15, -0.1) is 0 Å². The number of esters is 1. The summed E-state index contributed by atoms with van der Waals surface area (Å²) in [6.45, 7) is 1.51. The molecule has 0 spiro atoms. The van der Waals surface area contributed by atoms with Gasteiger partial charge < -0.3 is 19.1 Å². The van der Waals surface area contributed by atoms with Crippen molar-refractivity contribution in [2.24, 2.45) is 0 Å². The van der Waals surface area contributed by atoms with Crippen LogP contribution < -0.4 is 9.47 Å². The Kier molecular flexibility index (Phi) is 7.08. The van der Waals surface area contributed by atoms with Crippen LogP contribution in [0.1, 0.15) is 34.3 Å². The summed E-state index contributed by atoms with van der Waals surface area (Å²) in [5.41, 5.74) is 2.23. The van der Waals surface area contributed by atoms with Crippen LogP contribution in [0.4, 0.5) is 0 Å². The average molecular weight is 489 g/mol. The van der Waals surface area contributed by atoms with Crippen LogP contribution >= 0.6 is 0 Å². The Hall–Kier alpha value is -3.11. The first-order valence-corrected chi connectivity index (χ1v) is 12.6. The lowest BCUT2D eigenvalue weighted by molar-refractivity contribution is -0.135. The van der Waals surface area contributed by atoms with E-state index in [0.29, 0.717) is 44.1 Å². The molecule has 1 saturated heterocycles. The van der Waals surface area contributed by atoms with Gasteiger partial charge in [-0.2, -0.15) is 4.31 Å². The van der Waals surface area contributed by atoms with Gasteiger partial charge in [0, 0.05) is 26.2 Å². The minimum absolute atomic E-state index is 0.140. The third-order valence-corrected chi connectivity index (χ3v) is 8.10. The summed E-state index contributed by atoms with van der Waals surface area (Å²) in [6.07, 6.45) is 2.35. The van der Waals surface area contributed by atoms with Crippen molar-refractivity contribution in [3.63, 3.8) is 0 Å². The van der Waals surface area contributed by atoms with E-state index in [4.69, 9.17) is 14.2 Å². The van der Waals surface area contributed by atoms with Crippen LogP contribution in [0.5, 0.6) is 11.5 Å². The van der Waals surface area contributed by atoms with E-state index >= 15 is 0 Å². The van der Waals surface area contributed by atoms with Crippen molar-refractivity contribution in [1.29, 1.82) is 0 Å². The number of benzene rings is 2. The maximum Gasteiger partial charge on any atom is 0.338 e. The van der Waals surface area contributed by atoms with Crippen LogP contribution in [0, 0.1) is 0 Å². The number of methoxy groups -OCH3 is 2. The van der Waals surface area contributed by atoms with Crippen molar-refractivity contribution < 1.29 is 32.2 Å². The monoisotopic (exact) mass is 488 g/mol. The molecule has 2 aromatic rings. The fourth-order valence-corrected chi connectivity index (χ4v) is 5.76. The number of sulfonamides is 1. The molecule has 2 aliphatic rings. The molecule has 2 aliphatic heterocycles. The lowest BCUT2D eigenvalue weighted by Crippen LogP contribution is -2.38. The number of ether oxygens (including phenoxy) is 3. The molecule has 9 nitrogen and oxygen atoms in total. The smallest absolute Gasteiger partial charge is 0.338 e. The normalized spacial score (nSPS) is 16.1. The summed E-state index contributed by atoms with van der Waals surface area (Å²) in [5.74, 6) is 0.260. The van der Waals surface area contributed by atoms with Crippen LogP contribution in [0.25, 0.3) is 0 Å². The van der Waals surface area contributed by atoms with Crippen molar-refractivity contribution in [3.8, 4) is 11.5 Å². The van der Waals surface area contributed by atoms with Crippen LogP contribution in [-0.2, 0) is 32.5 Å². The number of carbonyl (C=O) groups excluding carboxylic acids is 2. The van der Waals surface area contributed by atoms with Crippen LogP contribution in [0.2, 0.25) is 0 Å². The van der Waals surface area contributed by atoms with Gasteiger partial charge in [0.15, 0.2) is 18.1 Å². The second-order valence-electron chi connectivity index (χ2n) is 8.25. The minimum atomic E-state index is -3.55. The van der Waals surface area contributed by atoms with Crippen molar-refractivity contribution >= 4 is 21.9 Å². The van der Waals surface area contributed by atoms with E-state index < -0.39 is 22.6 Å². The Balaban J connectivity index is 1.35. The molecular formula is C24H28N2O7S. The first-order valence-electron chi connectivity index (χ1n) is 11.1. The SMILES string of the molecule is COc1cc2c(cc1OC)CN(C(=O)COC(=O)c1ccc(S(=O)(=O)N3CCCC3)cc1)CC2. The average Bonchev–Trinajstić information content (AvgIpc) is 3.42. The summed E-state index contributed by atoms with van der Waals surface area (Å²) >= 11 is 0. The zero-order valence-corrected chi connectivity index (χ0v) is 20.1. The minimum Gasteiger partial charge on any atom is -0.493 e. The lowest BCUT2D eigenvalue weighted by Gasteiger charge is -2.29. The first kappa shape index (κ1) is 24.0. The molecule has 182 valence electrons. The third kappa shape index (κ3) is 4.88. The molecule has 4 rings (SSSR count). The zero-order chi connectivity index (χ0) is 24.3. The van der Waals surface area contributed by atoms with Crippen LogP contribution in [0.3, 0.4) is 0 Å².